The zero-order valence-electron chi connectivity index (χ0n) is 15.8. The molecule has 2 aliphatic rings. The SMILES string of the molecule is Cc1nc2ccc(C(=O)N3C[C@@H]4C(C)(C)C[C@]4(CN(C)C)C3)cc2o1. The Labute approximate surface area is 149 Å². The summed E-state index contributed by atoms with van der Waals surface area (Å²) in [6.45, 7) is 9.25. The van der Waals surface area contributed by atoms with Crippen LogP contribution in [0.15, 0.2) is 22.6 Å². The number of aryl methyl sites for hydroxylation is 1. The van der Waals surface area contributed by atoms with E-state index in [1.165, 1.54) is 6.42 Å². The molecule has 1 aromatic carbocycles. The molecule has 0 bridgehead atoms. The van der Waals surface area contributed by atoms with Crippen molar-refractivity contribution in [2.45, 2.75) is 27.2 Å². The first-order valence-corrected chi connectivity index (χ1v) is 9.01. The quantitative estimate of drug-likeness (QED) is 0.860. The zero-order chi connectivity index (χ0) is 18.0. The van der Waals surface area contributed by atoms with Gasteiger partial charge in [0.2, 0.25) is 0 Å². The monoisotopic (exact) mass is 341 g/mol. The summed E-state index contributed by atoms with van der Waals surface area (Å²) >= 11 is 0. The van der Waals surface area contributed by atoms with Crippen LogP contribution in [0.5, 0.6) is 0 Å². The number of rotatable bonds is 3. The molecule has 0 N–H and O–H groups in total. The molecule has 4 rings (SSSR count). The van der Waals surface area contributed by atoms with E-state index < -0.39 is 0 Å². The third-order valence-electron chi connectivity index (χ3n) is 6.06. The molecule has 2 atom stereocenters. The Kier molecular flexibility index (Phi) is 3.52. The molecule has 0 unspecified atom stereocenters. The lowest BCUT2D eigenvalue weighted by Gasteiger charge is -2.57. The maximum Gasteiger partial charge on any atom is 0.254 e. The minimum atomic E-state index is 0.110. The van der Waals surface area contributed by atoms with E-state index in [-0.39, 0.29) is 11.3 Å². The van der Waals surface area contributed by atoms with Crippen molar-refractivity contribution >= 4 is 17.0 Å². The first kappa shape index (κ1) is 16.6. The van der Waals surface area contributed by atoms with Crippen molar-refractivity contribution in [2.24, 2.45) is 16.7 Å². The number of oxazole rings is 1. The average molecular weight is 341 g/mol. The second-order valence-electron chi connectivity index (χ2n) is 8.92. The molecule has 1 aliphatic heterocycles. The average Bonchev–Trinajstić information content (AvgIpc) is 3.02. The number of carbonyl (C=O) groups is 1. The highest BCUT2D eigenvalue weighted by Crippen LogP contribution is 2.62. The summed E-state index contributed by atoms with van der Waals surface area (Å²) in [7, 11) is 4.25. The van der Waals surface area contributed by atoms with Gasteiger partial charge in [0.1, 0.15) is 5.52 Å². The van der Waals surface area contributed by atoms with Crippen molar-refractivity contribution in [1.29, 1.82) is 0 Å². The highest BCUT2D eigenvalue weighted by Gasteiger charge is 2.63. The molecule has 5 heteroatoms. The van der Waals surface area contributed by atoms with E-state index in [0.717, 1.165) is 25.2 Å². The van der Waals surface area contributed by atoms with Gasteiger partial charge in [-0.1, -0.05) is 13.8 Å². The van der Waals surface area contributed by atoms with E-state index in [4.69, 9.17) is 4.42 Å². The zero-order valence-corrected chi connectivity index (χ0v) is 15.8. The molecule has 2 aromatic rings. The van der Waals surface area contributed by atoms with Gasteiger partial charge < -0.3 is 14.2 Å². The van der Waals surface area contributed by atoms with Gasteiger partial charge in [0, 0.05) is 37.5 Å². The second-order valence-corrected chi connectivity index (χ2v) is 8.92. The predicted molar refractivity (Wildman–Crippen MR) is 97.5 cm³/mol. The number of benzene rings is 1. The molecule has 2 heterocycles. The Bertz CT molecular complexity index is 835. The van der Waals surface area contributed by atoms with Gasteiger partial charge in [-0.2, -0.15) is 0 Å². The molecular formula is C20H27N3O2. The fourth-order valence-corrected chi connectivity index (χ4v) is 5.48. The number of carbonyl (C=O) groups excluding carboxylic acids is 1. The Hall–Kier alpha value is -1.88. The second kappa shape index (κ2) is 5.31. The lowest BCUT2D eigenvalue weighted by atomic mass is 9.48. The van der Waals surface area contributed by atoms with E-state index in [1.807, 2.05) is 30.0 Å². The normalized spacial score (nSPS) is 27.6. The number of likely N-dealkylation sites (tertiary alicyclic amines) is 1. The molecule has 1 saturated heterocycles. The molecule has 5 nitrogen and oxygen atoms in total. The maximum atomic E-state index is 13.1. The van der Waals surface area contributed by atoms with Crippen LogP contribution in [-0.2, 0) is 0 Å². The van der Waals surface area contributed by atoms with Crippen LogP contribution in [0.2, 0.25) is 0 Å². The lowest BCUT2D eigenvalue weighted by molar-refractivity contribution is -0.0789. The van der Waals surface area contributed by atoms with Gasteiger partial charge in [-0.3, -0.25) is 4.79 Å². The number of hydrogen-bond donors (Lipinski definition) is 0. The maximum absolute atomic E-state index is 13.1. The van der Waals surface area contributed by atoms with Crippen LogP contribution in [-0.4, -0.2) is 54.4 Å². The van der Waals surface area contributed by atoms with E-state index in [2.05, 4.69) is 37.8 Å². The van der Waals surface area contributed by atoms with Crippen LogP contribution >= 0.6 is 0 Å². The summed E-state index contributed by atoms with van der Waals surface area (Å²) < 4.78 is 5.59. The molecule has 1 aromatic heterocycles. The molecule has 134 valence electrons. The number of fused-ring (bicyclic) bond motifs is 2. The van der Waals surface area contributed by atoms with Gasteiger partial charge in [-0.25, -0.2) is 4.98 Å². The molecule has 1 saturated carbocycles. The molecule has 0 spiro atoms. The summed E-state index contributed by atoms with van der Waals surface area (Å²) in [6.07, 6.45) is 1.19. The van der Waals surface area contributed by atoms with Gasteiger partial charge in [0.25, 0.3) is 5.91 Å². The largest absolute Gasteiger partial charge is 0.441 e. The van der Waals surface area contributed by atoms with Gasteiger partial charge in [-0.05, 0) is 50.0 Å². The van der Waals surface area contributed by atoms with Crippen LogP contribution in [0.4, 0.5) is 0 Å². The van der Waals surface area contributed by atoms with E-state index in [9.17, 15) is 4.79 Å². The lowest BCUT2D eigenvalue weighted by Crippen LogP contribution is -2.57. The molecule has 2 fully saturated rings. The Balaban J connectivity index is 1.60. The van der Waals surface area contributed by atoms with Gasteiger partial charge in [0.15, 0.2) is 11.5 Å². The van der Waals surface area contributed by atoms with Crippen LogP contribution in [0.3, 0.4) is 0 Å². The summed E-state index contributed by atoms with van der Waals surface area (Å²) in [5.74, 6) is 1.31. The standard InChI is InChI=1S/C20H27N3O2/c1-13-21-15-7-6-14(8-16(15)25-13)18(24)23-9-17-19(2,3)10-20(17,12-23)11-22(4)5/h6-8,17H,9-12H2,1-5H3/t17-,20+/m1/s1. The van der Waals surface area contributed by atoms with E-state index in [0.29, 0.717) is 28.4 Å². The van der Waals surface area contributed by atoms with Crippen molar-refractivity contribution in [3.63, 3.8) is 0 Å². The van der Waals surface area contributed by atoms with Crippen LogP contribution in [0, 0.1) is 23.7 Å². The fraction of sp³-hybridized carbons (Fsp3) is 0.600. The predicted octanol–water partition coefficient (Wildman–Crippen LogP) is 3.19. The highest BCUT2D eigenvalue weighted by atomic mass is 16.3. The fourth-order valence-electron chi connectivity index (χ4n) is 5.48. The molecule has 1 aliphatic carbocycles. The van der Waals surface area contributed by atoms with Crippen molar-refractivity contribution in [3.05, 3.63) is 29.7 Å². The Morgan fingerprint density at radius 3 is 2.84 bits per heavy atom. The number of hydrogen-bond acceptors (Lipinski definition) is 4. The van der Waals surface area contributed by atoms with Gasteiger partial charge in [0.05, 0.1) is 0 Å². The van der Waals surface area contributed by atoms with Crippen LogP contribution in [0.25, 0.3) is 11.1 Å². The summed E-state index contributed by atoms with van der Waals surface area (Å²) in [5, 5.41) is 0. The minimum Gasteiger partial charge on any atom is -0.441 e. The number of nitrogens with zero attached hydrogens (tertiary/aromatic N) is 3. The number of amides is 1. The third kappa shape index (κ3) is 2.56. The smallest absolute Gasteiger partial charge is 0.254 e. The molecular weight excluding hydrogens is 314 g/mol. The summed E-state index contributed by atoms with van der Waals surface area (Å²) in [4.78, 5) is 21.7. The molecule has 1 amide bonds. The van der Waals surface area contributed by atoms with Gasteiger partial charge in [-0.15, -0.1) is 0 Å². The van der Waals surface area contributed by atoms with Crippen LogP contribution in [0.1, 0.15) is 36.5 Å². The Morgan fingerprint density at radius 2 is 2.16 bits per heavy atom. The number of aromatic nitrogens is 1. The Morgan fingerprint density at radius 1 is 1.40 bits per heavy atom. The topological polar surface area (TPSA) is 49.6 Å². The molecule has 25 heavy (non-hydrogen) atoms. The van der Waals surface area contributed by atoms with Crippen molar-refractivity contribution in [3.8, 4) is 0 Å². The van der Waals surface area contributed by atoms with Gasteiger partial charge >= 0.3 is 0 Å². The first-order valence-electron chi connectivity index (χ1n) is 9.01. The van der Waals surface area contributed by atoms with E-state index >= 15 is 0 Å². The summed E-state index contributed by atoms with van der Waals surface area (Å²) in [6, 6.07) is 5.58. The highest BCUT2D eigenvalue weighted by molar-refractivity contribution is 5.97. The third-order valence-corrected chi connectivity index (χ3v) is 6.06. The van der Waals surface area contributed by atoms with Crippen molar-refractivity contribution in [1.82, 2.24) is 14.8 Å². The van der Waals surface area contributed by atoms with Crippen molar-refractivity contribution in [2.75, 3.05) is 33.7 Å². The first-order chi connectivity index (χ1) is 11.7. The van der Waals surface area contributed by atoms with E-state index in [1.54, 1.807) is 0 Å². The minimum absolute atomic E-state index is 0.110. The van der Waals surface area contributed by atoms with Crippen LogP contribution < -0.4 is 0 Å². The van der Waals surface area contributed by atoms with Crippen molar-refractivity contribution < 1.29 is 9.21 Å². The summed E-state index contributed by atoms with van der Waals surface area (Å²) in [5.41, 5.74) is 2.75. The molecule has 0 radical (unpaired) electrons.